The first-order valence-corrected chi connectivity index (χ1v) is 11.9. The number of carbonyl (C=O) groups is 1. The van der Waals surface area contributed by atoms with E-state index in [-0.39, 0.29) is 5.82 Å². The van der Waals surface area contributed by atoms with Gasteiger partial charge in [0, 0.05) is 29.8 Å². The van der Waals surface area contributed by atoms with E-state index in [1.54, 1.807) is 26.4 Å². The molecule has 37 heavy (non-hydrogen) atoms. The Hall–Kier alpha value is -3.83. The van der Waals surface area contributed by atoms with Gasteiger partial charge in [0.15, 0.2) is 17.3 Å². The zero-order chi connectivity index (χ0) is 26.2. The van der Waals surface area contributed by atoms with Crippen molar-refractivity contribution in [3.05, 3.63) is 53.3 Å². The normalized spacial score (nSPS) is 11.6. The summed E-state index contributed by atoms with van der Waals surface area (Å²) in [7, 11) is 4.53. The molecule has 0 unspecified atom stereocenters. The van der Waals surface area contributed by atoms with Gasteiger partial charge in [-0.15, -0.1) is 0 Å². The second-order valence-electron chi connectivity index (χ2n) is 8.22. The Morgan fingerprint density at radius 3 is 2.51 bits per heavy atom. The van der Waals surface area contributed by atoms with Crippen molar-refractivity contribution in [2.75, 3.05) is 59.6 Å². The predicted molar refractivity (Wildman–Crippen MR) is 135 cm³/mol. The summed E-state index contributed by atoms with van der Waals surface area (Å²) in [5, 5.41) is 10.6. The van der Waals surface area contributed by atoms with E-state index in [1.165, 1.54) is 19.2 Å². The van der Waals surface area contributed by atoms with Crippen LogP contribution >= 0.6 is 0 Å². The molecule has 3 aromatic rings. The Morgan fingerprint density at radius 1 is 1.03 bits per heavy atom. The average Bonchev–Trinajstić information content (AvgIpc) is 3.43. The van der Waals surface area contributed by atoms with Crippen molar-refractivity contribution in [1.29, 1.82) is 0 Å². The Morgan fingerprint density at radius 2 is 1.78 bits per heavy atom. The third-order valence-corrected chi connectivity index (χ3v) is 5.89. The average molecular weight is 515 g/mol. The fraction of sp³-hybridized carbons (Fsp3) is 0.385. The maximum absolute atomic E-state index is 13.8. The van der Waals surface area contributed by atoms with Crippen molar-refractivity contribution in [2.24, 2.45) is 0 Å². The number of aromatic nitrogens is 2. The van der Waals surface area contributed by atoms with Gasteiger partial charge in [-0.1, -0.05) is 6.07 Å². The van der Waals surface area contributed by atoms with Crippen molar-refractivity contribution in [3.8, 4) is 22.8 Å². The van der Waals surface area contributed by atoms with Crippen LogP contribution in [-0.4, -0.2) is 70.2 Å². The Balaban J connectivity index is 1.44. The van der Waals surface area contributed by atoms with E-state index in [2.05, 4.69) is 15.4 Å². The zero-order valence-electron chi connectivity index (χ0n) is 21.1. The third-order valence-electron chi connectivity index (χ3n) is 5.89. The molecule has 1 heterocycles. The highest BCUT2D eigenvalue weighted by atomic mass is 19.1. The molecule has 0 bridgehead atoms. The largest absolute Gasteiger partial charge is 0.493 e. The summed E-state index contributed by atoms with van der Waals surface area (Å²) in [4.78, 5) is 11.0. The molecule has 2 aromatic carbocycles. The lowest BCUT2D eigenvalue weighted by Gasteiger charge is -2.12. The van der Waals surface area contributed by atoms with Crippen molar-refractivity contribution >= 4 is 17.6 Å². The molecular formula is C26H31FN4O6. The lowest BCUT2D eigenvalue weighted by Crippen LogP contribution is -2.27. The van der Waals surface area contributed by atoms with Gasteiger partial charge in [0.25, 0.3) is 0 Å². The number of methoxy groups -OCH3 is 3. The van der Waals surface area contributed by atoms with E-state index in [4.69, 9.17) is 24.0 Å². The fourth-order valence-electron chi connectivity index (χ4n) is 4.18. The molecule has 0 saturated carbocycles. The smallest absolute Gasteiger partial charge is 0.406 e. The quantitative estimate of drug-likeness (QED) is 0.260. The summed E-state index contributed by atoms with van der Waals surface area (Å²) in [6, 6.07) is 10.2. The molecule has 1 aliphatic carbocycles. The summed E-state index contributed by atoms with van der Waals surface area (Å²) in [5.41, 5.74) is 4.69. The maximum Gasteiger partial charge on any atom is 0.406 e. The second kappa shape index (κ2) is 12.4. The van der Waals surface area contributed by atoms with Gasteiger partial charge in [-0.3, -0.25) is 4.68 Å². The van der Waals surface area contributed by atoms with E-state index >= 15 is 0 Å². The molecule has 0 saturated heterocycles. The van der Waals surface area contributed by atoms with E-state index < -0.39 is 6.09 Å². The van der Waals surface area contributed by atoms with Crippen LogP contribution < -0.4 is 20.1 Å². The first-order chi connectivity index (χ1) is 18.0. The van der Waals surface area contributed by atoms with Crippen LogP contribution in [0.3, 0.4) is 0 Å². The number of fused-ring (bicyclic) bond motifs is 3. The highest BCUT2D eigenvalue weighted by molar-refractivity contribution is 5.82. The second-order valence-corrected chi connectivity index (χ2v) is 8.22. The first kappa shape index (κ1) is 26.2. The summed E-state index contributed by atoms with van der Waals surface area (Å²) in [5.74, 6) is 1.64. The Labute approximate surface area is 214 Å². The molecule has 2 N–H and O–H groups in total. The van der Waals surface area contributed by atoms with Crippen molar-refractivity contribution in [2.45, 2.75) is 13.0 Å². The van der Waals surface area contributed by atoms with Crippen LogP contribution in [0, 0.1) is 5.82 Å². The van der Waals surface area contributed by atoms with E-state index in [1.807, 2.05) is 16.8 Å². The molecule has 0 spiro atoms. The third kappa shape index (κ3) is 6.30. The van der Waals surface area contributed by atoms with Crippen molar-refractivity contribution in [3.63, 3.8) is 0 Å². The van der Waals surface area contributed by atoms with E-state index in [0.29, 0.717) is 68.9 Å². The first-order valence-electron chi connectivity index (χ1n) is 11.9. The van der Waals surface area contributed by atoms with Gasteiger partial charge in [0.1, 0.15) is 5.82 Å². The summed E-state index contributed by atoms with van der Waals surface area (Å²) in [6.07, 6.45) is 0.160. The van der Waals surface area contributed by atoms with Gasteiger partial charge in [0.05, 0.1) is 60.0 Å². The summed E-state index contributed by atoms with van der Waals surface area (Å²) < 4.78 is 42.4. The van der Waals surface area contributed by atoms with E-state index in [9.17, 15) is 9.18 Å². The standard InChI is InChI=1S/C26H31FN4O6/c1-33-22-14-17-13-21-24(20(17)16-23(22)34-2)31(30-25(21)29-19-6-4-5-18(27)15-19)8-10-37-12-11-36-9-7-28-26(32)35-3/h4-6,14-16H,7-13H2,1-3H3,(H,28,32)(H,29,30). The molecule has 1 aliphatic rings. The highest BCUT2D eigenvalue weighted by Crippen LogP contribution is 2.45. The molecule has 0 fully saturated rings. The summed E-state index contributed by atoms with van der Waals surface area (Å²) >= 11 is 0. The van der Waals surface area contributed by atoms with Gasteiger partial charge < -0.3 is 34.3 Å². The number of hydrogen-bond donors (Lipinski definition) is 2. The molecule has 198 valence electrons. The fourth-order valence-corrected chi connectivity index (χ4v) is 4.18. The van der Waals surface area contributed by atoms with Crippen LogP contribution in [0.4, 0.5) is 20.7 Å². The van der Waals surface area contributed by atoms with Gasteiger partial charge in [-0.2, -0.15) is 5.10 Å². The minimum absolute atomic E-state index is 0.324. The molecule has 0 aliphatic heterocycles. The van der Waals surface area contributed by atoms with Crippen LogP contribution in [-0.2, 0) is 27.2 Å². The van der Waals surface area contributed by atoms with Gasteiger partial charge in [-0.25, -0.2) is 9.18 Å². The lowest BCUT2D eigenvalue weighted by atomic mass is 10.1. The van der Waals surface area contributed by atoms with Crippen LogP contribution in [0.1, 0.15) is 11.1 Å². The summed E-state index contributed by atoms with van der Waals surface area (Å²) in [6.45, 7) is 2.44. The monoisotopic (exact) mass is 514 g/mol. The maximum atomic E-state index is 13.8. The van der Waals surface area contributed by atoms with E-state index in [0.717, 1.165) is 22.4 Å². The van der Waals surface area contributed by atoms with Crippen molar-refractivity contribution in [1.82, 2.24) is 15.1 Å². The van der Waals surface area contributed by atoms with Crippen LogP contribution in [0.5, 0.6) is 11.5 Å². The molecule has 10 nitrogen and oxygen atoms in total. The number of nitrogens with one attached hydrogen (secondary N) is 2. The number of carbonyl (C=O) groups excluding carboxylic acids is 1. The zero-order valence-corrected chi connectivity index (χ0v) is 21.1. The van der Waals surface area contributed by atoms with Gasteiger partial charge >= 0.3 is 6.09 Å². The minimum atomic E-state index is -0.490. The number of alkyl carbamates (subject to hydrolysis) is 1. The van der Waals surface area contributed by atoms with Crippen LogP contribution in [0.25, 0.3) is 11.3 Å². The number of amides is 1. The number of nitrogens with zero attached hydrogens (tertiary/aromatic N) is 2. The molecule has 1 amide bonds. The van der Waals surface area contributed by atoms with Crippen LogP contribution in [0.2, 0.25) is 0 Å². The molecule has 1 aromatic heterocycles. The number of hydrogen-bond acceptors (Lipinski definition) is 8. The van der Waals surface area contributed by atoms with Gasteiger partial charge in [-0.05, 0) is 35.9 Å². The number of ether oxygens (including phenoxy) is 5. The number of halogens is 1. The molecule has 11 heteroatoms. The van der Waals surface area contributed by atoms with Crippen molar-refractivity contribution < 1.29 is 32.9 Å². The Bertz CT molecular complexity index is 1230. The van der Waals surface area contributed by atoms with Gasteiger partial charge in [0.2, 0.25) is 0 Å². The molecule has 0 radical (unpaired) electrons. The number of anilines is 2. The Kier molecular flexibility index (Phi) is 8.81. The topological polar surface area (TPSA) is 105 Å². The highest BCUT2D eigenvalue weighted by Gasteiger charge is 2.29. The SMILES string of the molecule is COC(=O)NCCOCCOCCn1nc(Nc2cccc(F)c2)c2c1-c1cc(OC)c(OC)cc1C2. The molecule has 0 atom stereocenters. The predicted octanol–water partition coefficient (Wildman–Crippen LogP) is 3.74. The molecular weight excluding hydrogens is 483 g/mol. The number of rotatable bonds is 13. The minimum Gasteiger partial charge on any atom is -0.493 e. The van der Waals surface area contributed by atoms with Crippen LogP contribution in [0.15, 0.2) is 36.4 Å². The molecule has 4 rings (SSSR count). The lowest BCUT2D eigenvalue weighted by molar-refractivity contribution is 0.0450. The number of benzene rings is 2.